The van der Waals surface area contributed by atoms with Crippen LogP contribution in [0.25, 0.3) is 0 Å². The molecule has 0 unspecified atom stereocenters. The Balaban J connectivity index is 0.00000144. The Hall–Kier alpha value is -0.890. The van der Waals surface area contributed by atoms with Crippen molar-refractivity contribution in [3.8, 4) is 0 Å². The highest BCUT2D eigenvalue weighted by molar-refractivity contribution is 14.0. The lowest BCUT2D eigenvalue weighted by Gasteiger charge is -2.08. The summed E-state index contributed by atoms with van der Waals surface area (Å²) in [6.45, 7) is 0. The van der Waals surface area contributed by atoms with E-state index in [0.717, 1.165) is 16.3 Å². The van der Waals surface area contributed by atoms with Crippen LogP contribution >= 0.6 is 35.7 Å². The first kappa shape index (κ1) is 14.2. The molecule has 90 valence electrons. The number of hydrogen-bond donors (Lipinski definition) is 1. The molecule has 6 heteroatoms. The van der Waals surface area contributed by atoms with Gasteiger partial charge in [-0.25, -0.2) is 0 Å². The normalized spacial score (nSPS) is 14.3. The third-order valence-corrected chi connectivity index (χ3v) is 2.83. The van der Waals surface area contributed by atoms with Gasteiger partial charge in [0.1, 0.15) is 0 Å². The number of hydrazone groups is 1. The number of rotatable bonds is 1. The highest BCUT2D eigenvalue weighted by Crippen LogP contribution is 2.17. The molecular formula is C11H12IN3OS. The lowest BCUT2D eigenvalue weighted by Crippen LogP contribution is -2.24. The second-order valence-corrected chi connectivity index (χ2v) is 4.10. The number of nitrogens with zero attached hydrogens (tertiary/aromatic N) is 2. The van der Waals surface area contributed by atoms with Gasteiger partial charge in [-0.05, 0) is 11.8 Å². The zero-order valence-corrected chi connectivity index (χ0v) is 12.4. The molecule has 0 radical (unpaired) electrons. The smallest absolute Gasteiger partial charge is 0.255 e. The fourth-order valence-corrected chi connectivity index (χ4v) is 1.78. The molecule has 0 saturated carbocycles. The van der Waals surface area contributed by atoms with Gasteiger partial charge in [0.05, 0.1) is 12.1 Å². The summed E-state index contributed by atoms with van der Waals surface area (Å²) >= 11 is 1.20. The first-order valence-electron chi connectivity index (χ1n) is 4.81. The molecule has 17 heavy (non-hydrogen) atoms. The van der Waals surface area contributed by atoms with Gasteiger partial charge in [-0.15, -0.1) is 24.0 Å². The molecule has 0 aliphatic carbocycles. The van der Waals surface area contributed by atoms with E-state index >= 15 is 0 Å². The molecular weight excluding hydrogens is 349 g/mol. The predicted molar refractivity (Wildman–Crippen MR) is 81.1 cm³/mol. The summed E-state index contributed by atoms with van der Waals surface area (Å²) in [5, 5.41) is 13.1. The van der Waals surface area contributed by atoms with Crippen LogP contribution in [0.15, 0.2) is 35.4 Å². The van der Waals surface area contributed by atoms with Crippen molar-refractivity contribution in [1.29, 1.82) is 5.41 Å². The molecule has 1 N–H and O–H groups in total. The maximum atomic E-state index is 11.6. The molecule has 0 saturated heterocycles. The molecule has 1 aliphatic rings. The zero-order valence-electron chi connectivity index (χ0n) is 9.21. The van der Waals surface area contributed by atoms with E-state index in [1.807, 2.05) is 30.3 Å². The van der Waals surface area contributed by atoms with Gasteiger partial charge < -0.3 is 0 Å². The summed E-state index contributed by atoms with van der Waals surface area (Å²) in [5.41, 5.74) is 1.66. The maximum Gasteiger partial charge on any atom is 0.255 e. The van der Waals surface area contributed by atoms with E-state index in [2.05, 4.69) is 5.10 Å². The van der Waals surface area contributed by atoms with Crippen molar-refractivity contribution in [1.82, 2.24) is 5.01 Å². The van der Waals surface area contributed by atoms with Crippen molar-refractivity contribution >= 4 is 52.5 Å². The highest BCUT2D eigenvalue weighted by Gasteiger charge is 2.27. The number of hydrogen-bond acceptors (Lipinski definition) is 4. The first-order chi connectivity index (χ1) is 7.72. The summed E-state index contributed by atoms with van der Waals surface area (Å²) in [4.78, 5) is 11.6. The van der Waals surface area contributed by atoms with Crippen molar-refractivity contribution in [2.24, 2.45) is 5.10 Å². The second kappa shape index (κ2) is 6.15. The van der Waals surface area contributed by atoms with Crippen molar-refractivity contribution in [2.45, 2.75) is 6.42 Å². The van der Waals surface area contributed by atoms with Crippen molar-refractivity contribution in [3.63, 3.8) is 0 Å². The first-order valence-corrected chi connectivity index (χ1v) is 6.03. The van der Waals surface area contributed by atoms with Crippen LogP contribution in [-0.4, -0.2) is 28.1 Å². The molecule has 0 fully saturated rings. The minimum Gasteiger partial charge on any atom is -0.277 e. The Morgan fingerprint density at radius 2 is 2.06 bits per heavy atom. The molecule has 0 bridgehead atoms. The van der Waals surface area contributed by atoms with Crippen LogP contribution in [0, 0.1) is 5.41 Å². The maximum absolute atomic E-state index is 11.6. The molecule has 1 amide bonds. The Bertz CT molecular complexity index is 461. The largest absolute Gasteiger partial charge is 0.277 e. The molecule has 0 aromatic heterocycles. The number of carbonyl (C=O) groups excluding carboxylic acids is 1. The van der Waals surface area contributed by atoms with Gasteiger partial charge in [0, 0.05) is 0 Å². The topological polar surface area (TPSA) is 56.5 Å². The van der Waals surface area contributed by atoms with Crippen LogP contribution in [0.3, 0.4) is 0 Å². The van der Waals surface area contributed by atoms with Crippen molar-refractivity contribution in [2.75, 3.05) is 6.26 Å². The number of amidine groups is 1. The quantitative estimate of drug-likeness (QED) is 0.475. The summed E-state index contributed by atoms with van der Waals surface area (Å²) in [7, 11) is 0. The molecule has 0 atom stereocenters. The van der Waals surface area contributed by atoms with Crippen LogP contribution in [0.4, 0.5) is 0 Å². The molecule has 0 spiro atoms. The Morgan fingerprint density at radius 1 is 1.41 bits per heavy atom. The lowest BCUT2D eigenvalue weighted by atomic mass is 10.1. The van der Waals surface area contributed by atoms with Gasteiger partial charge in [0.15, 0.2) is 5.17 Å². The molecule has 1 aromatic rings. The summed E-state index contributed by atoms with van der Waals surface area (Å²) in [6.07, 6.45) is 2.03. The van der Waals surface area contributed by atoms with Crippen LogP contribution in [0.1, 0.15) is 12.0 Å². The van der Waals surface area contributed by atoms with E-state index < -0.39 is 0 Å². The number of benzene rings is 1. The third-order valence-electron chi connectivity index (χ3n) is 2.27. The van der Waals surface area contributed by atoms with E-state index in [1.165, 1.54) is 11.8 Å². The number of thioether (sulfide) groups is 1. The minimum atomic E-state index is -0.141. The van der Waals surface area contributed by atoms with Gasteiger partial charge in [0.2, 0.25) is 0 Å². The van der Waals surface area contributed by atoms with Gasteiger partial charge in [0.25, 0.3) is 5.91 Å². The monoisotopic (exact) mass is 361 g/mol. The highest BCUT2D eigenvalue weighted by atomic mass is 127. The number of amides is 1. The summed E-state index contributed by atoms with van der Waals surface area (Å²) < 4.78 is 0. The Kier molecular flexibility index (Phi) is 5.13. The van der Waals surface area contributed by atoms with Crippen LogP contribution in [0.2, 0.25) is 0 Å². The summed E-state index contributed by atoms with van der Waals surface area (Å²) in [6, 6.07) is 9.56. The molecule has 1 aromatic carbocycles. The second-order valence-electron chi connectivity index (χ2n) is 3.30. The van der Waals surface area contributed by atoms with E-state index in [9.17, 15) is 4.79 Å². The molecule has 1 heterocycles. The van der Waals surface area contributed by atoms with Crippen LogP contribution in [0.5, 0.6) is 0 Å². The number of nitrogens with one attached hydrogen (secondary N) is 1. The number of carbonyl (C=O) groups is 1. The van der Waals surface area contributed by atoms with Gasteiger partial charge in [-0.1, -0.05) is 42.1 Å². The number of halogens is 1. The average molecular weight is 361 g/mol. The van der Waals surface area contributed by atoms with Gasteiger partial charge in [-0.2, -0.15) is 10.1 Å². The third kappa shape index (κ3) is 3.06. The SMILES string of the molecule is CSC(=N)N1N=C(c2ccccc2)CC1=O.I. The van der Waals surface area contributed by atoms with Crippen molar-refractivity contribution < 1.29 is 4.79 Å². The molecule has 4 nitrogen and oxygen atoms in total. The fraction of sp³-hybridized carbons (Fsp3) is 0.182. The lowest BCUT2D eigenvalue weighted by molar-refractivity contribution is -0.124. The molecule has 1 aliphatic heterocycles. The van der Waals surface area contributed by atoms with Gasteiger partial charge >= 0.3 is 0 Å². The fourth-order valence-electron chi connectivity index (χ4n) is 1.47. The standard InChI is InChI=1S/C11H11N3OS.HI/c1-16-11(12)14-10(15)7-9(13-14)8-5-3-2-4-6-8;/h2-6,12H,7H2,1H3;1H. The molecule has 2 rings (SSSR count). The van der Waals surface area contributed by atoms with E-state index in [0.29, 0.717) is 0 Å². The van der Waals surface area contributed by atoms with Crippen LogP contribution in [-0.2, 0) is 4.79 Å². The van der Waals surface area contributed by atoms with E-state index in [4.69, 9.17) is 5.41 Å². The van der Waals surface area contributed by atoms with E-state index in [1.54, 1.807) is 6.26 Å². The predicted octanol–water partition coefficient (Wildman–Crippen LogP) is 2.54. The summed E-state index contributed by atoms with van der Waals surface area (Å²) in [5.74, 6) is -0.141. The van der Waals surface area contributed by atoms with Crippen LogP contribution < -0.4 is 0 Å². The Labute approximate surface area is 121 Å². The average Bonchev–Trinajstić information content (AvgIpc) is 2.71. The minimum absolute atomic E-state index is 0. The zero-order chi connectivity index (χ0) is 11.5. The Morgan fingerprint density at radius 3 is 2.65 bits per heavy atom. The van der Waals surface area contributed by atoms with Gasteiger partial charge in [-0.3, -0.25) is 10.2 Å². The van der Waals surface area contributed by atoms with Crippen molar-refractivity contribution in [3.05, 3.63) is 35.9 Å². The van der Waals surface area contributed by atoms with E-state index in [-0.39, 0.29) is 41.5 Å².